The minimum Gasteiger partial charge on any atom is -0.369 e. The van der Waals surface area contributed by atoms with E-state index in [-0.39, 0.29) is 17.5 Å². The third kappa shape index (κ3) is 5.58. The Kier molecular flexibility index (Phi) is 7.88. The van der Waals surface area contributed by atoms with Crippen LogP contribution < -0.4 is 15.8 Å². The van der Waals surface area contributed by atoms with Gasteiger partial charge >= 0.3 is 0 Å². The average Bonchev–Trinajstić information content (AvgIpc) is 2.98. The molecule has 0 aliphatic carbocycles. The molecule has 2 aliphatic rings. The number of amides is 1. The monoisotopic (exact) mass is 585 g/mol. The van der Waals surface area contributed by atoms with E-state index in [2.05, 4.69) is 46.2 Å². The number of likely N-dealkylation sites (tertiary alicyclic amines) is 1. The number of aromatic nitrogens is 3. The number of piperidine rings is 1. The molecule has 42 heavy (non-hydrogen) atoms. The zero-order chi connectivity index (χ0) is 29.4. The molecule has 2 aromatic carbocycles. The van der Waals surface area contributed by atoms with E-state index in [1.54, 1.807) is 28.7 Å². The molecule has 4 heterocycles. The standard InChI is InChI=1S/C32H36ClN7O2/c1-21-17-24(10-11-29(21)38-15-13-37(3)14-16-38)35-32-34-19-23-18-27(26-8-4-5-9-28(26)33)31(42)40(30(23)36-32)25-7-6-12-39(20-25)22(2)41/h4-5,8-11,17-19,25H,6-7,12-16,20H2,1-3H3,(H,34,35,36). The molecule has 2 saturated heterocycles. The molecular weight excluding hydrogens is 550 g/mol. The van der Waals surface area contributed by atoms with Crippen LogP contribution in [0, 0.1) is 6.92 Å². The number of benzene rings is 2. The van der Waals surface area contributed by atoms with Crippen molar-refractivity contribution in [3.8, 4) is 11.1 Å². The van der Waals surface area contributed by atoms with Gasteiger partial charge in [-0.2, -0.15) is 4.98 Å². The number of carbonyl (C=O) groups is 1. The van der Waals surface area contributed by atoms with Gasteiger partial charge in [0, 0.05) is 85.3 Å². The normalized spacial score (nSPS) is 18.0. The number of nitrogens with zero attached hydrogens (tertiary/aromatic N) is 6. The van der Waals surface area contributed by atoms with Crippen molar-refractivity contribution in [2.45, 2.75) is 32.7 Å². The number of aryl methyl sites for hydroxylation is 1. The third-order valence-electron chi connectivity index (χ3n) is 8.44. The zero-order valence-electron chi connectivity index (χ0n) is 24.3. The SMILES string of the molecule is CC(=O)N1CCCC(n2c(=O)c(-c3ccccc3Cl)cc3cnc(Nc4ccc(N5CCN(C)CC5)c(C)c4)nc32)C1. The highest BCUT2D eigenvalue weighted by atomic mass is 35.5. The second kappa shape index (κ2) is 11.7. The highest BCUT2D eigenvalue weighted by Gasteiger charge is 2.27. The van der Waals surface area contributed by atoms with Gasteiger partial charge in [0.2, 0.25) is 11.9 Å². The van der Waals surface area contributed by atoms with Crippen molar-refractivity contribution in [1.82, 2.24) is 24.3 Å². The van der Waals surface area contributed by atoms with Gasteiger partial charge in [0.25, 0.3) is 5.56 Å². The molecule has 1 amide bonds. The maximum absolute atomic E-state index is 14.1. The molecule has 2 aromatic heterocycles. The molecule has 1 N–H and O–H groups in total. The lowest BCUT2D eigenvalue weighted by Gasteiger charge is -2.35. The number of hydrogen-bond donors (Lipinski definition) is 1. The van der Waals surface area contributed by atoms with Crippen LogP contribution in [0.1, 0.15) is 31.4 Å². The van der Waals surface area contributed by atoms with Crippen LogP contribution in [-0.4, -0.2) is 76.6 Å². The first-order valence-corrected chi connectivity index (χ1v) is 14.9. The Balaban J connectivity index is 1.39. The molecule has 4 aromatic rings. The van der Waals surface area contributed by atoms with Crippen LogP contribution in [0.15, 0.2) is 59.5 Å². The molecule has 2 fully saturated rings. The van der Waals surface area contributed by atoms with E-state index in [4.69, 9.17) is 16.6 Å². The number of anilines is 3. The van der Waals surface area contributed by atoms with Crippen LogP contribution in [0.4, 0.5) is 17.3 Å². The number of rotatable bonds is 5. The van der Waals surface area contributed by atoms with Gasteiger partial charge in [-0.15, -0.1) is 0 Å². The number of halogens is 1. The largest absolute Gasteiger partial charge is 0.369 e. The van der Waals surface area contributed by atoms with E-state index in [1.165, 1.54) is 11.3 Å². The molecule has 0 bridgehead atoms. The lowest BCUT2D eigenvalue weighted by Crippen LogP contribution is -2.44. The van der Waals surface area contributed by atoms with Crippen molar-refractivity contribution in [3.05, 3.63) is 75.7 Å². The lowest BCUT2D eigenvalue weighted by atomic mass is 10.0. The second-order valence-corrected chi connectivity index (χ2v) is 11.8. The van der Waals surface area contributed by atoms with Gasteiger partial charge in [-0.1, -0.05) is 29.8 Å². The fraction of sp³-hybridized carbons (Fsp3) is 0.375. The summed E-state index contributed by atoms with van der Waals surface area (Å²) in [4.78, 5) is 42.5. The van der Waals surface area contributed by atoms with Gasteiger partial charge in [-0.25, -0.2) is 4.98 Å². The first kappa shape index (κ1) is 28.2. The van der Waals surface area contributed by atoms with Gasteiger partial charge in [-0.05, 0) is 62.7 Å². The first-order valence-electron chi connectivity index (χ1n) is 14.5. The van der Waals surface area contributed by atoms with Gasteiger partial charge in [-0.3, -0.25) is 14.2 Å². The van der Waals surface area contributed by atoms with Crippen LogP contribution in [0.5, 0.6) is 0 Å². The first-order chi connectivity index (χ1) is 20.3. The minimum atomic E-state index is -0.215. The van der Waals surface area contributed by atoms with Crippen molar-refractivity contribution in [3.63, 3.8) is 0 Å². The summed E-state index contributed by atoms with van der Waals surface area (Å²) in [6, 6.07) is 15.3. The number of carbonyl (C=O) groups excluding carboxylic acids is 1. The second-order valence-electron chi connectivity index (χ2n) is 11.4. The molecular formula is C32H36ClN7O2. The molecule has 0 spiro atoms. The highest BCUT2D eigenvalue weighted by molar-refractivity contribution is 6.33. The summed E-state index contributed by atoms with van der Waals surface area (Å²) in [5.74, 6) is 0.416. The number of likely N-dealkylation sites (N-methyl/N-ethyl adjacent to an activating group) is 1. The van der Waals surface area contributed by atoms with Gasteiger partial charge in [0.05, 0.1) is 6.04 Å². The van der Waals surface area contributed by atoms with Crippen molar-refractivity contribution in [1.29, 1.82) is 0 Å². The van der Waals surface area contributed by atoms with E-state index >= 15 is 0 Å². The van der Waals surface area contributed by atoms with Gasteiger partial charge in [0.15, 0.2) is 0 Å². The fourth-order valence-electron chi connectivity index (χ4n) is 6.11. The predicted octanol–water partition coefficient (Wildman–Crippen LogP) is 5.10. The minimum absolute atomic E-state index is 0.00619. The molecule has 6 rings (SSSR count). The van der Waals surface area contributed by atoms with Crippen LogP contribution in [0.2, 0.25) is 5.02 Å². The quantitative estimate of drug-likeness (QED) is 0.349. The topological polar surface area (TPSA) is 86.6 Å². The van der Waals surface area contributed by atoms with Gasteiger partial charge in [0.1, 0.15) is 5.65 Å². The maximum Gasteiger partial charge on any atom is 0.260 e. The summed E-state index contributed by atoms with van der Waals surface area (Å²) < 4.78 is 1.75. The Morgan fingerprint density at radius 1 is 1.02 bits per heavy atom. The summed E-state index contributed by atoms with van der Waals surface area (Å²) >= 11 is 6.53. The van der Waals surface area contributed by atoms with E-state index < -0.39 is 0 Å². The Morgan fingerprint density at radius 2 is 1.81 bits per heavy atom. The van der Waals surface area contributed by atoms with Crippen molar-refractivity contribution in [2.24, 2.45) is 0 Å². The number of nitrogens with one attached hydrogen (secondary N) is 1. The van der Waals surface area contributed by atoms with E-state index in [0.29, 0.717) is 40.8 Å². The number of piperazine rings is 1. The lowest BCUT2D eigenvalue weighted by molar-refractivity contribution is -0.130. The zero-order valence-corrected chi connectivity index (χ0v) is 25.1. The fourth-order valence-corrected chi connectivity index (χ4v) is 6.35. The molecule has 1 atom stereocenters. The van der Waals surface area contributed by atoms with Crippen molar-refractivity contribution >= 4 is 45.9 Å². The van der Waals surface area contributed by atoms with Crippen LogP contribution in [0.3, 0.4) is 0 Å². The van der Waals surface area contributed by atoms with E-state index in [1.807, 2.05) is 30.3 Å². The molecule has 10 heteroatoms. The average molecular weight is 586 g/mol. The molecule has 0 radical (unpaired) electrons. The smallest absolute Gasteiger partial charge is 0.260 e. The number of fused-ring (bicyclic) bond motifs is 1. The predicted molar refractivity (Wildman–Crippen MR) is 169 cm³/mol. The van der Waals surface area contributed by atoms with Gasteiger partial charge < -0.3 is 20.0 Å². The molecule has 1 unspecified atom stereocenters. The van der Waals surface area contributed by atoms with Crippen molar-refractivity contribution in [2.75, 3.05) is 56.5 Å². The van der Waals surface area contributed by atoms with E-state index in [0.717, 1.165) is 50.1 Å². The third-order valence-corrected chi connectivity index (χ3v) is 8.77. The number of pyridine rings is 1. The summed E-state index contributed by atoms with van der Waals surface area (Å²) in [5, 5.41) is 4.59. The van der Waals surface area contributed by atoms with Crippen LogP contribution in [0.25, 0.3) is 22.2 Å². The summed E-state index contributed by atoms with van der Waals surface area (Å²) in [6.45, 7) is 8.96. The Labute approximate surface area is 250 Å². The summed E-state index contributed by atoms with van der Waals surface area (Å²) in [6.07, 6.45) is 3.33. The van der Waals surface area contributed by atoms with E-state index in [9.17, 15) is 9.59 Å². The molecule has 218 valence electrons. The maximum atomic E-state index is 14.1. The Morgan fingerprint density at radius 3 is 2.55 bits per heavy atom. The highest BCUT2D eigenvalue weighted by Crippen LogP contribution is 2.31. The summed E-state index contributed by atoms with van der Waals surface area (Å²) in [7, 11) is 2.16. The summed E-state index contributed by atoms with van der Waals surface area (Å²) in [5.41, 5.74) is 4.81. The molecule has 2 aliphatic heterocycles. The molecule has 0 saturated carbocycles. The van der Waals surface area contributed by atoms with Crippen LogP contribution in [-0.2, 0) is 4.79 Å². The molecule has 9 nitrogen and oxygen atoms in total. The Hall–Kier alpha value is -3.95. The van der Waals surface area contributed by atoms with Crippen molar-refractivity contribution < 1.29 is 4.79 Å². The Bertz CT molecular complexity index is 1700. The number of hydrogen-bond acceptors (Lipinski definition) is 7. The van der Waals surface area contributed by atoms with Crippen LogP contribution >= 0.6 is 11.6 Å².